The fourth-order valence-corrected chi connectivity index (χ4v) is 0.974. The first kappa shape index (κ1) is 7.12. The Balaban J connectivity index is 2.81. The summed E-state index contributed by atoms with van der Waals surface area (Å²) in [6, 6.07) is 1.88. The van der Waals surface area contributed by atoms with Crippen LogP contribution in [0.5, 0.6) is 0 Å². The van der Waals surface area contributed by atoms with Crippen LogP contribution in [0.15, 0.2) is 6.07 Å². The number of rotatable bonds is 2. The molecular formula is C7H13N3. The van der Waals surface area contributed by atoms with E-state index in [1.54, 1.807) is 0 Å². The van der Waals surface area contributed by atoms with E-state index in [0.29, 0.717) is 5.82 Å². The van der Waals surface area contributed by atoms with Crippen molar-refractivity contribution < 1.29 is 0 Å². The zero-order valence-corrected chi connectivity index (χ0v) is 6.46. The molecule has 0 aliphatic rings. The van der Waals surface area contributed by atoms with Crippen LogP contribution in [0.2, 0.25) is 0 Å². The molecule has 0 saturated heterocycles. The number of hydrogen-bond acceptors (Lipinski definition) is 2. The third-order valence-electron chi connectivity index (χ3n) is 1.44. The monoisotopic (exact) mass is 139 g/mol. The van der Waals surface area contributed by atoms with E-state index >= 15 is 0 Å². The highest BCUT2D eigenvalue weighted by Crippen LogP contribution is 2.04. The fourth-order valence-electron chi connectivity index (χ4n) is 0.974. The molecule has 0 atom stereocenters. The molecule has 1 heterocycles. The van der Waals surface area contributed by atoms with Gasteiger partial charge in [-0.15, -0.1) is 0 Å². The standard InChI is InChI=1S/C7H13N3/c1-3-4-10-6(2)5-7(8)9-10/h5H,3-4H2,1-2H3,(H2,8,9). The van der Waals surface area contributed by atoms with Crippen molar-refractivity contribution in [3.8, 4) is 0 Å². The van der Waals surface area contributed by atoms with Crippen LogP contribution in [0.25, 0.3) is 0 Å². The lowest BCUT2D eigenvalue weighted by Crippen LogP contribution is -2.01. The van der Waals surface area contributed by atoms with Gasteiger partial charge in [-0.1, -0.05) is 6.92 Å². The lowest BCUT2D eigenvalue weighted by atomic mass is 10.4. The van der Waals surface area contributed by atoms with E-state index in [-0.39, 0.29) is 0 Å². The van der Waals surface area contributed by atoms with Crippen molar-refractivity contribution in [1.82, 2.24) is 9.78 Å². The largest absolute Gasteiger partial charge is 0.382 e. The molecule has 1 rings (SSSR count). The molecule has 3 heteroatoms. The van der Waals surface area contributed by atoms with Crippen molar-refractivity contribution >= 4 is 5.82 Å². The van der Waals surface area contributed by atoms with Gasteiger partial charge >= 0.3 is 0 Å². The normalized spacial score (nSPS) is 10.2. The molecular weight excluding hydrogens is 126 g/mol. The summed E-state index contributed by atoms with van der Waals surface area (Å²) in [6.07, 6.45) is 1.10. The molecule has 0 radical (unpaired) electrons. The summed E-state index contributed by atoms with van der Waals surface area (Å²) < 4.78 is 1.93. The molecule has 0 bridgehead atoms. The Kier molecular flexibility index (Phi) is 1.94. The van der Waals surface area contributed by atoms with E-state index in [1.807, 2.05) is 17.7 Å². The van der Waals surface area contributed by atoms with Gasteiger partial charge in [0.1, 0.15) is 5.82 Å². The van der Waals surface area contributed by atoms with E-state index in [0.717, 1.165) is 18.7 Å². The molecule has 2 N–H and O–H groups in total. The van der Waals surface area contributed by atoms with Gasteiger partial charge in [-0.05, 0) is 13.3 Å². The molecule has 1 aromatic heterocycles. The maximum Gasteiger partial charge on any atom is 0.145 e. The highest BCUT2D eigenvalue weighted by molar-refractivity contribution is 5.28. The van der Waals surface area contributed by atoms with Gasteiger partial charge in [0.15, 0.2) is 0 Å². The zero-order chi connectivity index (χ0) is 7.56. The van der Waals surface area contributed by atoms with Crippen LogP contribution in [-0.4, -0.2) is 9.78 Å². The zero-order valence-electron chi connectivity index (χ0n) is 6.46. The van der Waals surface area contributed by atoms with Crippen LogP contribution in [-0.2, 0) is 6.54 Å². The second-order valence-electron chi connectivity index (χ2n) is 2.43. The summed E-state index contributed by atoms with van der Waals surface area (Å²) in [5.41, 5.74) is 6.62. The molecule has 0 aliphatic carbocycles. The van der Waals surface area contributed by atoms with Crippen molar-refractivity contribution in [2.75, 3.05) is 5.73 Å². The minimum Gasteiger partial charge on any atom is -0.382 e. The van der Waals surface area contributed by atoms with Crippen LogP contribution in [0.1, 0.15) is 19.0 Å². The van der Waals surface area contributed by atoms with Crippen LogP contribution in [0, 0.1) is 6.92 Å². The Bertz CT molecular complexity index is 215. The van der Waals surface area contributed by atoms with E-state index in [2.05, 4.69) is 12.0 Å². The number of nitrogens with two attached hydrogens (primary N) is 1. The molecule has 0 spiro atoms. The molecule has 56 valence electrons. The van der Waals surface area contributed by atoms with E-state index in [9.17, 15) is 0 Å². The van der Waals surface area contributed by atoms with Crippen LogP contribution >= 0.6 is 0 Å². The number of hydrogen-bond donors (Lipinski definition) is 1. The van der Waals surface area contributed by atoms with Gasteiger partial charge in [-0.3, -0.25) is 4.68 Å². The number of nitrogen functional groups attached to an aromatic ring is 1. The minimum absolute atomic E-state index is 0.617. The molecule has 3 nitrogen and oxygen atoms in total. The third-order valence-corrected chi connectivity index (χ3v) is 1.44. The van der Waals surface area contributed by atoms with Gasteiger partial charge in [0.2, 0.25) is 0 Å². The molecule has 0 fully saturated rings. The predicted molar refractivity (Wildman–Crippen MR) is 41.7 cm³/mol. The minimum atomic E-state index is 0.617. The summed E-state index contributed by atoms with van der Waals surface area (Å²) in [6.45, 7) is 5.10. The molecule has 0 aliphatic heterocycles. The summed E-state index contributed by atoms with van der Waals surface area (Å²) >= 11 is 0. The lowest BCUT2D eigenvalue weighted by molar-refractivity contribution is 0.589. The Labute approximate surface area is 60.8 Å². The van der Waals surface area contributed by atoms with Crippen LogP contribution < -0.4 is 5.73 Å². The Morgan fingerprint density at radius 3 is 2.80 bits per heavy atom. The van der Waals surface area contributed by atoms with Gasteiger partial charge in [-0.2, -0.15) is 5.10 Å². The summed E-state index contributed by atoms with van der Waals surface area (Å²) in [7, 11) is 0. The van der Waals surface area contributed by atoms with E-state index in [1.165, 1.54) is 0 Å². The van der Waals surface area contributed by atoms with Crippen LogP contribution in [0.3, 0.4) is 0 Å². The molecule has 0 saturated carbocycles. The molecule has 0 aromatic carbocycles. The average Bonchev–Trinajstić information content (AvgIpc) is 2.13. The summed E-state index contributed by atoms with van der Waals surface area (Å²) in [4.78, 5) is 0. The Morgan fingerprint density at radius 2 is 2.40 bits per heavy atom. The topological polar surface area (TPSA) is 43.8 Å². The smallest absolute Gasteiger partial charge is 0.145 e. The second-order valence-corrected chi connectivity index (χ2v) is 2.43. The maximum atomic E-state index is 5.48. The fraction of sp³-hybridized carbons (Fsp3) is 0.571. The van der Waals surface area contributed by atoms with Crippen molar-refractivity contribution in [3.63, 3.8) is 0 Å². The Hall–Kier alpha value is -0.990. The summed E-state index contributed by atoms with van der Waals surface area (Å²) in [5.74, 6) is 0.617. The molecule has 10 heavy (non-hydrogen) atoms. The van der Waals surface area contributed by atoms with Gasteiger partial charge in [0.05, 0.1) is 0 Å². The first-order valence-corrected chi connectivity index (χ1v) is 3.54. The number of anilines is 1. The second kappa shape index (κ2) is 2.73. The molecule has 1 aromatic rings. The highest BCUT2D eigenvalue weighted by atomic mass is 15.3. The quantitative estimate of drug-likeness (QED) is 0.668. The number of aromatic nitrogens is 2. The van der Waals surface area contributed by atoms with Crippen LogP contribution in [0.4, 0.5) is 5.82 Å². The predicted octanol–water partition coefficient (Wildman–Crippen LogP) is 1.18. The lowest BCUT2D eigenvalue weighted by Gasteiger charge is -1.98. The number of nitrogens with zero attached hydrogens (tertiary/aromatic N) is 2. The van der Waals surface area contributed by atoms with Gasteiger partial charge in [0.25, 0.3) is 0 Å². The average molecular weight is 139 g/mol. The van der Waals surface area contributed by atoms with Crippen molar-refractivity contribution in [2.45, 2.75) is 26.8 Å². The van der Waals surface area contributed by atoms with Gasteiger partial charge in [0, 0.05) is 18.3 Å². The van der Waals surface area contributed by atoms with E-state index in [4.69, 9.17) is 5.73 Å². The van der Waals surface area contributed by atoms with E-state index < -0.39 is 0 Å². The highest BCUT2D eigenvalue weighted by Gasteiger charge is 1.97. The Morgan fingerprint density at radius 1 is 1.70 bits per heavy atom. The van der Waals surface area contributed by atoms with Gasteiger partial charge in [-0.25, -0.2) is 0 Å². The molecule has 0 amide bonds. The molecule has 0 unspecified atom stereocenters. The maximum absolute atomic E-state index is 5.48. The third kappa shape index (κ3) is 1.29. The van der Waals surface area contributed by atoms with Crippen molar-refractivity contribution in [3.05, 3.63) is 11.8 Å². The first-order valence-electron chi connectivity index (χ1n) is 3.54. The van der Waals surface area contributed by atoms with Gasteiger partial charge < -0.3 is 5.73 Å². The van der Waals surface area contributed by atoms with Crippen molar-refractivity contribution in [2.24, 2.45) is 0 Å². The number of aryl methyl sites for hydroxylation is 2. The first-order chi connectivity index (χ1) is 4.74. The SMILES string of the molecule is CCCn1nc(N)cc1C. The summed E-state index contributed by atoms with van der Waals surface area (Å²) in [5, 5.41) is 4.09. The van der Waals surface area contributed by atoms with Crippen molar-refractivity contribution in [1.29, 1.82) is 0 Å².